The lowest BCUT2D eigenvalue weighted by molar-refractivity contribution is 0.102. The largest absolute Gasteiger partial charge is 0.321 e. The summed E-state index contributed by atoms with van der Waals surface area (Å²) in [6.07, 6.45) is 3.99. The zero-order chi connectivity index (χ0) is 20.4. The molecule has 2 N–H and O–H groups in total. The molecule has 1 fully saturated rings. The Morgan fingerprint density at radius 1 is 1.28 bits per heavy atom. The highest BCUT2D eigenvalue weighted by Crippen LogP contribution is 2.22. The predicted octanol–water partition coefficient (Wildman–Crippen LogP) is 2.66. The van der Waals surface area contributed by atoms with Crippen LogP contribution in [0.4, 0.5) is 5.69 Å². The first kappa shape index (κ1) is 19.3. The average molecular weight is 391 g/mol. The van der Waals surface area contributed by atoms with Crippen molar-refractivity contribution in [2.24, 2.45) is 5.92 Å². The van der Waals surface area contributed by atoms with Gasteiger partial charge in [0.25, 0.3) is 11.5 Å². The van der Waals surface area contributed by atoms with Gasteiger partial charge in [-0.3, -0.25) is 9.59 Å². The van der Waals surface area contributed by atoms with E-state index in [0.29, 0.717) is 29.2 Å². The fraction of sp³-hybridized carbons (Fsp3) is 0.364. The number of piperidine rings is 1. The summed E-state index contributed by atoms with van der Waals surface area (Å²) in [5.41, 5.74) is 2.69. The van der Waals surface area contributed by atoms with Crippen LogP contribution in [-0.4, -0.2) is 33.8 Å². The van der Waals surface area contributed by atoms with E-state index in [1.54, 1.807) is 17.7 Å². The molecule has 1 atom stereocenters. The summed E-state index contributed by atoms with van der Waals surface area (Å²) in [6, 6.07) is 9.19. The molecule has 0 radical (unpaired) electrons. The zero-order valence-corrected chi connectivity index (χ0v) is 16.7. The number of carbonyl (C=O) groups is 1. The summed E-state index contributed by atoms with van der Waals surface area (Å²) in [5.74, 6) is 0.00488. The van der Waals surface area contributed by atoms with Crippen molar-refractivity contribution in [1.82, 2.24) is 20.1 Å². The topological polar surface area (TPSA) is 88.9 Å². The highest BCUT2D eigenvalue weighted by Gasteiger charge is 2.20. The van der Waals surface area contributed by atoms with Gasteiger partial charge in [0.1, 0.15) is 5.56 Å². The molecule has 4 rings (SSSR count). The first-order valence-electron chi connectivity index (χ1n) is 9.98. The molecule has 2 aromatic heterocycles. The molecule has 0 saturated carbocycles. The number of aryl methyl sites for hydroxylation is 2. The number of anilines is 1. The van der Waals surface area contributed by atoms with Crippen LogP contribution in [0.2, 0.25) is 0 Å². The predicted molar refractivity (Wildman–Crippen MR) is 113 cm³/mol. The molecule has 3 heterocycles. The number of pyridine rings is 1. The van der Waals surface area contributed by atoms with Gasteiger partial charge in [-0.05, 0) is 75.5 Å². The lowest BCUT2D eigenvalue weighted by Crippen LogP contribution is -2.36. The van der Waals surface area contributed by atoms with Gasteiger partial charge in [0.05, 0.1) is 16.9 Å². The number of fused-ring (bicyclic) bond motifs is 1. The van der Waals surface area contributed by atoms with Gasteiger partial charge in [0, 0.05) is 18.1 Å². The second-order valence-corrected chi connectivity index (χ2v) is 7.72. The van der Waals surface area contributed by atoms with E-state index < -0.39 is 5.91 Å². The van der Waals surface area contributed by atoms with Gasteiger partial charge in [-0.1, -0.05) is 6.07 Å². The Bertz CT molecular complexity index is 1120. The Hall–Kier alpha value is -3.06. The Kier molecular flexibility index (Phi) is 5.40. The van der Waals surface area contributed by atoms with Gasteiger partial charge >= 0.3 is 0 Å². The third kappa shape index (κ3) is 4.05. The maximum atomic E-state index is 13.1. The van der Waals surface area contributed by atoms with Crippen molar-refractivity contribution < 1.29 is 4.79 Å². The molecule has 7 nitrogen and oxygen atoms in total. The number of benzene rings is 1. The molecule has 1 saturated heterocycles. The first-order valence-corrected chi connectivity index (χ1v) is 9.98. The third-order valence-electron chi connectivity index (χ3n) is 5.45. The van der Waals surface area contributed by atoms with Crippen LogP contribution in [0.25, 0.3) is 10.9 Å². The van der Waals surface area contributed by atoms with Gasteiger partial charge in [0.2, 0.25) is 0 Å². The molecule has 1 aliphatic rings. The SMILES string of the molecule is Cc1cc2c(NC(=O)c3c(C)ccn(CC4CCCNC4)c3=O)cccc2nn1. The Morgan fingerprint density at radius 3 is 2.93 bits per heavy atom. The summed E-state index contributed by atoms with van der Waals surface area (Å²) in [5, 5.41) is 15.3. The van der Waals surface area contributed by atoms with Crippen molar-refractivity contribution in [2.75, 3.05) is 18.4 Å². The maximum absolute atomic E-state index is 13.1. The lowest BCUT2D eigenvalue weighted by Gasteiger charge is -2.23. The van der Waals surface area contributed by atoms with E-state index in [9.17, 15) is 9.59 Å². The smallest absolute Gasteiger partial charge is 0.263 e. The molecule has 1 aliphatic heterocycles. The molecule has 29 heavy (non-hydrogen) atoms. The van der Waals surface area contributed by atoms with E-state index in [4.69, 9.17) is 0 Å². The monoisotopic (exact) mass is 391 g/mol. The van der Waals surface area contributed by atoms with Crippen LogP contribution in [0.15, 0.2) is 41.3 Å². The van der Waals surface area contributed by atoms with E-state index in [0.717, 1.165) is 37.0 Å². The molecular formula is C22H25N5O2. The Balaban J connectivity index is 1.64. The molecule has 0 bridgehead atoms. The van der Waals surface area contributed by atoms with E-state index in [2.05, 4.69) is 20.8 Å². The molecule has 3 aromatic rings. The van der Waals surface area contributed by atoms with Gasteiger partial charge in [0.15, 0.2) is 0 Å². The summed E-state index contributed by atoms with van der Waals surface area (Å²) in [6.45, 7) is 6.20. The fourth-order valence-electron chi connectivity index (χ4n) is 3.90. The van der Waals surface area contributed by atoms with Crippen LogP contribution in [0.3, 0.4) is 0 Å². The van der Waals surface area contributed by atoms with E-state index in [1.165, 1.54) is 0 Å². The van der Waals surface area contributed by atoms with Gasteiger partial charge in [-0.25, -0.2) is 0 Å². The van der Waals surface area contributed by atoms with Crippen molar-refractivity contribution in [3.8, 4) is 0 Å². The van der Waals surface area contributed by atoms with Crippen LogP contribution in [0.5, 0.6) is 0 Å². The molecule has 1 amide bonds. The summed E-state index contributed by atoms with van der Waals surface area (Å²) in [7, 11) is 0. The quantitative estimate of drug-likeness (QED) is 0.714. The number of carbonyl (C=O) groups excluding carboxylic acids is 1. The minimum atomic E-state index is -0.398. The minimum absolute atomic E-state index is 0.187. The third-order valence-corrected chi connectivity index (χ3v) is 5.45. The Morgan fingerprint density at radius 2 is 2.14 bits per heavy atom. The molecular weight excluding hydrogens is 366 g/mol. The fourth-order valence-corrected chi connectivity index (χ4v) is 3.90. The van der Waals surface area contributed by atoms with Gasteiger partial charge in [-0.15, -0.1) is 0 Å². The van der Waals surface area contributed by atoms with Gasteiger partial charge < -0.3 is 15.2 Å². The average Bonchev–Trinajstić information content (AvgIpc) is 2.71. The number of nitrogens with one attached hydrogen (secondary N) is 2. The normalized spacial score (nSPS) is 16.7. The second-order valence-electron chi connectivity index (χ2n) is 7.72. The van der Waals surface area contributed by atoms with E-state index >= 15 is 0 Å². The van der Waals surface area contributed by atoms with E-state index in [1.807, 2.05) is 37.3 Å². The van der Waals surface area contributed by atoms with Crippen LogP contribution < -0.4 is 16.2 Å². The maximum Gasteiger partial charge on any atom is 0.263 e. The minimum Gasteiger partial charge on any atom is -0.321 e. The van der Waals surface area contributed by atoms with Crippen LogP contribution in [0.1, 0.15) is 34.5 Å². The molecule has 1 unspecified atom stereocenters. The van der Waals surface area contributed by atoms with Gasteiger partial charge in [-0.2, -0.15) is 10.2 Å². The molecule has 150 valence electrons. The van der Waals surface area contributed by atoms with Crippen LogP contribution >= 0.6 is 0 Å². The van der Waals surface area contributed by atoms with Crippen molar-refractivity contribution in [2.45, 2.75) is 33.2 Å². The van der Waals surface area contributed by atoms with Crippen molar-refractivity contribution in [3.63, 3.8) is 0 Å². The van der Waals surface area contributed by atoms with Crippen LogP contribution in [-0.2, 0) is 6.54 Å². The molecule has 0 spiro atoms. The number of hydrogen-bond donors (Lipinski definition) is 2. The molecule has 1 aromatic carbocycles. The summed E-state index contributed by atoms with van der Waals surface area (Å²) < 4.78 is 1.66. The first-order chi connectivity index (χ1) is 14.0. The van der Waals surface area contributed by atoms with Crippen molar-refractivity contribution >= 4 is 22.5 Å². The number of rotatable bonds is 4. The number of nitrogens with zero attached hydrogens (tertiary/aromatic N) is 3. The lowest BCUT2D eigenvalue weighted by atomic mass is 9.99. The molecule has 7 heteroatoms. The van der Waals surface area contributed by atoms with E-state index in [-0.39, 0.29) is 11.1 Å². The molecule has 0 aliphatic carbocycles. The number of hydrogen-bond acceptors (Lipinski definition) is 5. The van der Waals surface area contributed by atoms with Crippen molar-refractivity contribution in [1.29, 1.82) is 0 Å². The van der Waals surface area contributed by atoms with Crippen molar-refractivity contribution in [3.05, 3.63) is 63.7 Å². The zero-order valence-electron chi connectivity index (χ0n) is 16.7. The van der Waals surface area contributed by atoms with Crippen LogP contribution in [0, 0.1) is 19.8 Å². The summed E-state index contributed by atoms with van der Waals surface area (Å²) >= 11 is 0. The standard InChI is InChI=1S/C22H25N5O2/c1-14-8-10-27(13-16-5-4-9-23-12-16)22(29)20(14)21(28)24-18-6-3-7-19-17(18)11-15(2)25-26-19/h3,6-8,10-11,16,23H,4-5,9,12-13H2,1-2H3,(H,24,28). The highest BCUT2D eigenvalue weighted by atomic mass is 16.2. The number of aromatic nitrogens is 3. The Labute approximate surface area is 169 Å². The summed E-state index contributed by atoms with van der Waals surface area (Å²) in [4.78, 5) is 26.1. The highest BCUT2D eigenvalue weighted by molar-refractivity contribution is 6.09. The second kappa shape index (κ2) is 8.13. The number of amides is 1.